The van der Waals surface area contributed by atoms with Crippen molar-refractivity contribution < 1.29 is 9.53 Å². The van der Waals surface area contributed by atoms with Crippen LogP contribution in [-0.4, -0.2) is 11.3 Å². The van der Waals surface area contributed by atoms with E-state index < -0.39 is 0 Å². The first-order valence-corrected chi connectivity index (χ1v) is 6.13. The molecule has 1 aromatic carbocycles. The molecule has 2 aromatic rings. The van der Waals surface area contributed by atoms with Crippen molar-refractivity contribution in [1.29, 1.82) is 0 Å². The van der Waals surface area contributed by atoms with Gasteiger partial charge in [0.1, 0.15) is 5.75 Å². The Morgan fingerprint density at radius 2 is 2.12 bits per heavy atom. The van der Waals surface area contributed by atoms with Gasteiger partial charge in [-0.05, 0) is 47.7 Å². The Balaban J connectivity index is 2.31. The van der Waals surface area contributed by atoms with Crippen LogP contribution in [0.25, 0.3) is 0 Å². The number of rotatable bonds is 3. The van der Waals surface area contributed by atoms with Gasteiger partial charge in [0.2, 0.25) is 5.88 Å². The molecular weight excluding hydrogens is 329 g/mol. The second-order valence-electron chi connectivity index (χ2n) is 3.54. The molecule has 0 bridgehead atoms. The van der Waals surface area contributed by atoms with Crippen LogP contribution in [0.5, 0.6) is 11.6 Å². The van der Waals surface area contributed by atoms with Crippen molar-refractivity contribution in [1.82, 2.24) is 4.98 Å². The van der Waals surface area contributed by atoms with Crippen LogP contribution in [0, 0.1) is 10.5 Å². The number of ether oxygens (including phenoxy) is 1. The number of aldehydes is 1. The summed E-state index contributed by atoms with van der Waals surface area (Å²) in [6.07, 6.45) is 2.28. The molecule has 1 heterocycles. The van der Waals surface area contributed by atoms with E-state index in [1.54, 1.807) is 6.07 Å². The van der Waals surface area contributed by atoms with Gasteiger partial charge >= 0.3 is 0 Å². The minimum atomic E-state index is 0.528. The number of pyridine rings is 1. The van der Waals surface area contributed by atoms with Crippen molar-refractivity contribution in [2.45, 2.75) is 6.92 Å². The molecule has 0 saturated carbocycles. The molecule has 0 saturated heterocycles. The second-order valence-corrected chi connectivity index (χ2v) is 4.70. The number of aromatic nitrogens is 1. The third-order valence-corrected chi connectivity index (χ3v) is 3.12. The molecule has 1 aromatic heterocycles. The van der Waals surface area contributed by atoms with Crippen LogP contribution in [0.4, 0.5) is 0 Å². The van der Waals surface area contributed by atoms with Gasteiger partial charge in [0.15, 0.2) is 6.29 Å². The molecule has 4 heteroatoms. The van der Waals surface area contributed by atoms with Crippen LogP contribution in [0.1, 0.15) is 15.9 Å². The third kappa shape index (κ3) is 2.82. The van der Waals surface area contributed by atoms with E-state index in [-0.39, 0.29) is 0 Å². The van der Waals surface area contributed by atoms with Crippen molar-refractivity contribution in [3.05, 3.63) is 51.2 Å². The van der Waals surface area contributed by atoms with Crippen LogP contribution in [0.15, 0.2) is 36.5 Å². The summed E-state index contributed by atoms with van der Waals surface area (Å²) >= 11 is 2.20. The van der Waals surface area contributed by atoms with Gasteiger partial charge in [-0.15, -0.1) is 0 Å². The maximum absolute atomic E-state index is 10.6. The average Bonchev–Trinajstić information content (AvgIpc) is 2.34. The molecule has 17 heavy (non-hydrogen) atoms. The van der Waals surface area contributed by atoms with E-state index in [4.69, 9.17) is 4.74 Å². The van der Waals surface area contributed by atoms with Gasteiger partial charge in [-0.2, -0.15) is 0 Å². The number of nitrogens with zero attached hydrogens (tertiary/aromatic N) is 1. The summed E-state index contributed by atoms with van der Waals surface area (Å²) in [6.45, 7) is 1.87. The number of hydrogen-bond acceptors (Lipinski definition) is 3. The fourth-order valence-corrected chi connectivity index (χ4v) is 1.88. The van der Waals surface area contributed by atoms with E-state index >= 15 is 0 Å². The standard InChI is InChI=1S/C13H10INO2/c1-9-6-10(8-16)7-15-13(9)17-12-5-3-2-4-11(12)14/h2-8H,1H3. The van der Waals surface area contributed by atoms with Gasteiger partial charge in [0.05, 0.1) is 3.57 Å². The first-order chi connectivity index (χ1) is 8.20. The van der Waals surface area contributed by atoms with Gasteiger partial charge < -0.3 is 4.74 Å². The van der Waals surface area contributed by atoms with Gasteiger partial charge in [0.25, 0.3) is 0 Å². The SMILES string of the molecule is Cc1cc(C=O)cnc1Oc1ccccc1I. The Hall–Kier alpha value is -1.43. The third-order valence-electron chi connectivity index (χ3n) is 2.23. The minimum absolute atomic E-state index is 0.528. The van der Waals surface area contributed by atoms with Crippen molar-refractivity contribution in [2.75, 3.05) is 0 Å². The van der Waals surface area contributed by atoms with Crippen molar-refractivity contribution >= 4 is 28.9 Å². The minimum Gasteiger partial charge on any atom is -0.438 e. The van der Waals surface area contributed by atoms with Gasteiger partial charge in [0, 0.05) is 17.3 Å². The highest BCUT2D eigenvalue weighted by atomic mass is 127. The van der Waals surface area contributed by atoms with Gasteiger partial charge in [-0.1, -0.05) is 12.1 Å². The monoisotopic (exact) mass is 339 g/mol. The molecule has 0 aliphatic heterocycles. The second kappa shape index (κ2) is 5.27. The van der Waals surface area contributed by atoms with Crippen LogP contribution >= 0.6 is 22.6 Å². The predicted molar refractivity (Wildman–Crippen MR) is 73.6 cm³/mol. The Kier molecular flexibility index (Phi) is 3.73. The highest BCUT2D eigenvalue weighted by Crippen LogP contribution is 2.27. The maximum Gasteiger partial charge on any atom is 0.222 e. The fourth-order valence-electron chi connectivity index (χ4n) is 1.39. The Morgan fingerprint density at radius 1 is 1.35 bits per heavy atom. The summed E-state index contributed by atoms with van der Waals surface area (Å²) in [7, 11) is 0. The lowest BCUT2D eigenvalue weighted by Crippen LogP contribution is -1.94. The van der Waals surface area contributed by atoms with E-state index in [0.29, 0.717) is 11.4 Å². The molecule has 0 fully saturated rings. The molecule has 0 spiro atoms. The number of carbonyl (C=O) groups is 1. The van der Waals surface area contributed by atoms with Crippen LogP contribution in [0.2, 0.25) is 0 Å². The van der Waals surface area contributed by atoms with E-state index in [2.05, 4.69) is 27.6 Å². The topological polar surface area (TPSA) is 39.2 Å². The van der Waals surface area contributed by atoms with E-state index in [9.17, 15) is 4.79 Å². The number of hydrogen-bond donors (Lipinski definition) is 0. The van der Waals surface area contributed by atoms with Gasteiger partial charge in [-0.25, -0.2) is 4.98 Å². The van der Waals surface area contributed by atoms with Crippen molar-refractivity contribution in [3.63, 3.8) is 0 Å². The van der Waals surface area contributed by atoms with Gasteiger partial charge in [-0.3, -0.25) is 4.79 Å². The molecule has 0 amide bonds. The lowest BCUT2D eigenvalue weighted by Gasteiger charge is -2.08. The zero-order valence-corrected chi connectivity index (χ0v) is 11.3. The van der Waals surface area contributed by atoms with Crippen LogP contribution in [-0.2, 0) is 0 Å². The number of aryl methyl sites for hydroxylation is 1. The highest BCUT2D eigenvalue weighted by Gasteiger charge is 2.06. The summed E-state index contributed by atoms with van der Waals surface area (Å²) < 4.78 is 6.72. The lowest BCUT2D eigenvalue weighted by atomic mass is 10.2. The Morgan fingerprint density at radius 3 is 2.76 bits per heavy atom. The van der Waals surface area contributed by atoms with E-state index in [1.807, 2.05) is 31.2 Å². The molecular formula is C13H10INO2. The predicted octanol–water partition coefficient (Wildman–Crippen LogP) is 3.60. The molecule has 0 radical (unpaired) electrons. The summed E-state index contributed by atoms with van der Waals surface area (Å²) in [4.78, 5) is 14.7. The normalized spacial score (nSPS) is 10.0. The molecule has 2 rings (SSSR count). The molecule has 0 N–H and O–H groups in total. The molecule has 3 nitrogen and oxygen atoms in total. The van der Waals surface area contributed by atoms with E-state index in [1.165, 1.54) is 6.20 Å². The summed E-state index contributed by atoms with van der Waals surface area (Å²) in [6, 6.07) is 9.46. The summed E-state index contributed by atoms with van der Waals surface area (Å²) in [5, 5.41) is 0. The molecule has 86 valence electrons. The molecule has 0 aliphatic carbocycles. The molecule has 0 aliphatic rings. The highest BCUT2D eigenvalue weighted by molar-refractivity contribution is 14.1. The number of para-hydroxylation sites is 1. The van der Waals surface area contributed by atoms with Crippen molar-refractivity contribution in [2.24, 2.45) is 0 Å². The smallest absolute Gasteiger partial charge is 0.222 e. The maximum atomic E-state index is 10.6. The Bertz CT molecular complexity index is 555. The van der Waals surface area contributed by atoms with E-state index in [0.717, 1.165) is 21.2 Å². The fraction of sp³-hybridized carbons (Fsp3) is 0.0769. The zero-order chi connectivity index (χ0) is 12.3. The number of benzene rings is 1. The number of halogens is 1. The summed E-state index contributed by atoms with van der Waals surface area (Å²) in [5.41, 5.74) is 1.40. The molecule has 0 unspecified atom stereocenters. The Labute approximate surface area is 113 Å². The average molecular weight is 339 g/mol. The quantitative estimate of drug-likeness (QED) is 0.634. The van der Waals surface area contributed by atoms with Crippen LogP contribution < -0.4 is 4.74 Å². The molecule has 0 atom stereocenters. The van der Waals surface area contributed by atoms with Crippen LogP contribution in [0.3, 0.4) is 0 Å². The largest absolute Gasteiger partial charge is 0.438 e. The van der Waals surface area contributed by atoms with Crippen molar-refractivity contribution in [3.8, 4) is 11.6 Å². The first-order valence-electron chi connectivity index (χ1n) is 5.05. The number of carbonyl (C=O) groups excluding carboxylic acids is 1. The zero-order valence-electron chi connectivity index (χ0n) is 9.18. The first kappa shape index (κ1) is 12.0. The lowest BCUT2D eigenvalue weighted by molar-refractivity contribution is 0.112. The summed E-state index contributed by atoms with van der Waals surface area (Å²) in [5.74, 6) is 1.29.